The Morgan fingerprint density at radius 3 is 2.42 bits per heavy atom. The van der Waals surface area contributed by atoms with E-state index >= 15 is 0 Å². The molecule has 0 heterocycles. The van der Waals surface area contributed by atoms with Gasteiger partial charge in [-0.15, -0.1) is 0 Å². The van der Waals surface area contributed by atoms with Crippen molar-refractivity contribution < 1.29 is 19.1 Å². The van der Waals surface area contributed by atoms with Crippen LogP contribution in [0.2, 0.25) is 0 Å². The van der Waals surface area contributed by atoms with Crippen molar-refractivity contribution in [3.05, 3.63) is 54.1 Å². The number of hydrogen-bond acceptors (Lipinski definition) is 5. The number of amides is 1. The SMILES string of the molecule is COC(=O)c1ccc(NCCC(=O)Nc2cccc(OC)c2)cc1. The summed E-state index contributed by atoms with van der Waals surface area (Å²) in [4.78, 5) is 23.3. The van der Waals surface area contributed by atoms with Crippen LogP contribution in [0.5, 0.6) is 5.75 Å². The molecule has 0 aromatic heterocycles. The molecule has 2 aromatic carbocycles. The minimum absolute atomic E-state index is 0.0954. The molecule has 0 unspecified atom stereocenters. The van der Waals surface area contributed by atoms with Gasteiger partial charge in [-0.05, 0) is 36.4 Å². The molecule has 2 N–H and O–H groups in total. The fraction of sp³-hybridized carbons (Fsp3) is 0.222. The highest BCUT2D eigenvalue weighted by molar-refractivity contribution is 5.91. The van der Waals surface area contributed by atoms with Gasteiger partial charge in [0, 0.05) is 30.4 Å². The molecule has 0 fully saturated rings. The number of nitrogens with one attached hydrogen (secondary N) is 2. The first-order chi connectivity index (χ1) is 11.6. The van der Waals surface area contributed by atoms with Gasteiger partial charge in [-0.3, -0.25) is 4.79 Å². The number of benzene rings is 2. The maximum Gasteiger partial charge on any atom is 0.337 e. The third-order valence-electron chi connectivity index (χ3n) is 3.34. The van der Waals surface area contributed by atoms with E-state index in [1.54, 1.807) is 43.5 Å². The summed E-state index contributed by atoms with van der Waals surface area (Å²) in [7, 11) is 2.92. The van der Waals surface area contributed by atoms with Crippen molar-refractivity contribution in [2.24, 2.45) is 0 Å². The Morgan fingerprint density at radius 2 is 1.75 bits per heavy atom. The second kappa shape index (κ2) is 8.57. The van der Waals surface area contributed by atoms with E-state index in [0.717, 1.165) is 5.69 Å². The zero-order chi connectivity index (χ0) is 17.4. The molecule has 1 amide bonds. The van der Waals surface area contributed by atoms with Crippen molar-refractivity contribution in [2.75, 3.05) is 31.4 Å². The molecule has 0 aliphatic carbocycles. The van der Waals surface area contributed by atoms with Crippen LogP contribution < -0.4 is 15.4 Å². The summed E-state index contributed by atoms with van der Waals surface area (Å²) < 4.78 is 9.75. The van der Waals surface area contributed by atoms with Crippen LogP contribution in [0.1, 0.15) is 16.8 Å². The molecule has 0 bridgehead atoms. The minimum Gasteiger partial charge on any atom is -0.497 e. The number of carbonyl (C=O) groups excluding carboxylic acids is 2. The first kappa shape index (κ1) is 17.3. The smallest absolute Gasteiger partial charge is 0.337 e. The number of ether oxygens (including phenoxy) is 2. The lowest BCUT2D eigenvalue weighted by Gasteiger charge is -2.09. The standard InChI is InChI=1S/C18H20N2O4/c1-23-16-5-3-4-15(12-16)20-17(21)10-11-19-14-8-6-13(7-9-14)18(22)24-2/h3-9,12,19H,10-11H2,1-2H3,(H,20,21). The number of anilines is 2. The Balaban J connectivity index is 1.78. The first-order valence-corrected chi connectivity index (χ1v) is 7.48. The first-order valence-electron chi connectivity index (χ1n) is 7.48. The molecule has 0 aliphatic rings. The Hall–Kier alpha value is -3.02. The minimum atomic E-state index is -0.376. The average Bonchev–Trinajstić information content (AvgIpc) is 2.61. The lowest BCUT2D eigenvalue weighted by Crippen LogP contribution is -2.16. The lowest BCUT2D eigenvalue weighted by molar-refractivity contribution is -0.115. The van der Waals surface area contributed by atoms with Crippen LogP contribution in [-0.2, 0) is 9.53 Å². The van der Waals surface area contributed by atoms with Gasteiger partial charge in [0.05, 0.1) is 19.8 Å². The number of hydrogen-bond donors (Lipinski definition) is 2. The van der Waals surface area contributed by atoms with Gasteiger partial charge in [0.2, 0.25) is 5.91 Å². The Labute approximate surface area is 140 Å². The molecule has 0 aliphatic heterocycles. The largest absolute Gasteiger partial charge is 0.497 e. The van der Waals surface area contributed by atoms with Gasteiger partial charge in [-0.25, -0.2) is 4.79 Å². The summed E-state index contributed by atoms with van der Waals surface area (Å²) in [5.74, 6) is 0.220. The van der Waals surface area contributed by atoms with Crippen molar-refractivity contribution in [2.45, 2.75) is 6.42 Å². The molecule has 2 aromatic rings. The summed E-state index contributed by atoms with van der Waals surface area (Å²) in [5, 5.41) is 5.94. The highest BCUT2D eigenvalue weighted by atomic mass is 16.5. The molecule has 0 spiro atoms. The van der Waals surface area contributed by atoms with Crippen molar-refractivity contribution >= 4 is 23.3 Å². The van der Waals surface area contributed by atoms with Gasteiger partial charge in [0.25, 0.3) is 0 Å². The van der Waals surface area contributed by atoms with Crippen molar-refractivity contribution in [3.8, 4) is 5.75 Å². The average molecular weight is 328 g/mol. The fourth-order valence-corrected chi connectivity index (χ4v) is 2.09. The summed E-state index contributed by atoms with van der Waals surface area (Å²) in [5.41, 5.74) is 2.01. The van der Waals surface area contributed by atoms with Crippen LogP contribution in [0.4, 0.5) is 11.4 Å². The van der Waals surface area contributed by atoms with Crippen LogP contribution in [0, 0.1) is 0 Å². The van der Waals surface area contributed by atoms with Gasteiger partial charge in [-0.1, -0.05) is 6.07 Å². The van der Waals surface area contributed by atoms with E-state index in [0.29, 0.717) is 30.0 Å². The number of esters is 1. The van der Waals surface area contributed by atoms with Crippen LogP contribution in [-0.4, -0.2) is 32.6 Å². The topological polar surface area (TPSA) is 76.7 Å². The highest BCUT2D eigenvalue weighted by Gasteiger charge is 2.05. The van der Waals surface area contributed by atoms with Gasteiger partial charge < -0.3 is 20.1 Å². The fourth-order valence-electron chi connectivity index (χ4n) is 2.09. The Kier molecular flexibility index (Phi) is 6.19. The van der Waals surface area contributed by atoms with E-state index < -0.39 is 0 Å². The van der Waals surface area contributed by atoms with Crippen LogP contribution in [0.25, 0.3) is 0 Å². The molecule has 24 heavy (non-hydrogen) atoms. The van der Waals surface area contributed by atoms with Crippen molar-refractivity contribution in [1.29, 1.82) is 0 Å². The monoisotopic (exact) mass is 328 g/mol. The third kappa shape index (κ3) is 5.01. The molecule has 0 saturated carbocycles. The van der Waals surface area contributed by atoms with E-state index in [1.807, 2.05) is 12.1 Å². The van der Waals surface area contributed by atoms with Crippen LogP contribution >= 0.6 is 0 Å². The third-order valence-corrected chi connectivity index (χ3v) is 3.34. The second-order valence-corrected chi connectivity index (χ2v) is 5.03. The van der Waals surface area contributed by atoms with E-state index in [2.05, 4.69) is 15.4 Å². The lowest BCUT2D eigenvalue weighted by atomic mass is 10.2. The van der Waals surface area contributed by atoms with Gasteiger partial charge in [0.15, 0.2) is 0 Å². The van der Waals surface area contributed by atoms with E-state index in [9.17, 15) is 9.59 Å². The molecule has 6 nitrogen and oxygen atoms in total. The molecule has 2 rings (SSSR count). The van der Waals surface area contributed by atoms with E-state index in [1.165, 1.54) is 7.11 Å². The Morgan fingerprint density at radius 1 is 1.00 bits per heavy atom. The summed E-state index contributed by atoms with van der Waals surface area (Å²) in [6.07, 6.45) is 0.315. The van der Waals surface area contributed by atoms with Crippen LogP contribution in [0.15, 0.2) is 48.5 Å². The predicted octanol–water partition coefficient (Wildman–Crippen LogP) is 2.92. The number of methoxy groups -OCH3 is 2. The van der Waals surface area contributed by atoms with E-state index in [4.69, 9.17) is 4.74 Å². The summed E-state index contributed by atoms with van der Waals surface area (Å²) in [6.45, 7) is 0.480. The predicted molar refractivity (Wildman–Crippen MR) is 92.5 cm³/mol. The molecule has 6 heteroatoms. The summed E-state index contributed by atoms with van der Waals surface area (Å²) >= 11 is 0. The molecule has 0 atom stereocenters. The van der Waals surface area contributed by atoms with Gasteiger partial charge in [-0.2, -0.15) is 0 Å². The maximum absolute atomic E-state index is 11.9. The molecular formula is C18H20N2O4. The Bertz CT molecular complexity index is 698. The zero-order valence-electron chi connectivity index (χ0n) is 13.7. The highest BCUT2D eigenvalue weighted by Crippen LogP contribution is 2.17. The molecule has 126 valence electrons. The van der Waals surface area contributed by atoms with Crippen molar-refractivity contribution in [3.63, 3.8) is 0 Å². The second-order valence-electron chi connectivity index (χ2n) is 5.03. The quantitative estimate of drug-likeness (QED) is 0.764. The number of rotatable bonds is 7. The van der Waals surface area contributed by atoms with Crippen molar-refractivity contribution in [1.82, 2.24) is 0 Å². The normalized spacial score (nSPS) is 9.92. The van der Waals surface area contributed by atoms with Gasteiger partial charge >= 0.3 is 5.97 Å². The molecular weight excluding hydrogens is 308 g/mol. The summed E-state index contributed by atoms with van der Waals surface area (Å²) in [6, 6.07) is 14.1. The van der Waals surface area contributed by atoms with Crippen LogP contribution in [0.3, 0.4) is 0 Å². The molecule has 0 saturated heterocycles. The maximum atomic E-state index is 11.9. The van der Waals surface area contributed by atoms with Gasteiger partial charge in [0.1, 0.15) is 5.75 Å². The number of carbonyl (C=O) groups is 2. The molecule has 0 radical (unpaired) electrons. The zero-order valence-corrected chi connectivity index (χ0v) is 13.7. The van der Waals surface area contributed by atoms with E-state index in [-0.39, 0.29) is 11.9 Å².